The van der Waals surface area contributed by atoms with Crippen molar-refractivity contribution in [3.8, 4) is 0 Å². The average molecular weight is 354 g/mol. The number of carbonyl (C=O) groups is 1. The Balaban J connectivity index is 2.15. The second-order valence-corrected chi connectivity index (χ2v) is 6.25. The minimum absolute atomic E-state index is 0.527. The molecule has 1 heterocycles. The number of anilines is 1. The third kappa shape index (κ3) is 4.86. The molecule has 0 aliphatic carbocycles. The Hall–Kier alpha value is -1.33. The average Bonchev–Trinajstić information content (AvgIpc) is 2.46. The van der Waals surface area contributed by atoms with Gasteiger partial charge in [0.25, 0.3) is 0 Å². The van der Waals surface area contributed by atoms with Crippen molar-refractivity contribution in [3.63, 3.8) is 0 Å². The SMILES string of the molecule is CN(CC1CCCOC1)c1cc(Br)ccc1C=CC(=O)O. The molecule has 1 aromatic carbocycles. The highest BCUT2D eigenvalue weighted by atomic mass is 79.9. The highest BCUT2D eigenvalue weighted by molar-refractivity contribution is 9.10. The predicted molar refractivity (Wildman–Crippen MR) is 87.6 cm³/mol. The van der Waals surface area contributed by atoms with E-state index in [-0.39, 0.29) is 0 Å². The molecule has 1 fully saturated rings. The van der Waals surface area contributed by atoms with Gasteiger partial charge in [-0.05, 0) is 42.5 Å². The lowest BCUT2D eigenvalue weighted by Crippen LogP contribution is -2.31. The second-order valence-electron chi connectivity index (χ2n) is 5.34. The van der Waals surface area contributed by atoms with E-state index in [2.05, 4.69) is 20.8 Å². The van der Waals surface area contributed by atoms with E-state index in [1.54, 1.807) is 6.08 Å². The van der Waals surface area contributed by atoms with Gasteiger partial charge < -0.3 is 14.7 Å². The van der Waals surface area contributed by atoms with E-state index >= 15 is 0 Å². The number of benzene rings is 1. The van der Waals surface area contributed by atoms with Crippen LogP contribution in [-0.4, -0.2) is 37.9 Å². The fourth-order valence-electron chi connectivity index (χ4n) is 2.59. The topological polar surface area (TPSA) is 49.8 Å². The maximum atomic E-state index is 10.7. The molecule has 4 nitrogen and oxygen atoms in total. The molecule has 1 atom stereocenters. The van der Waals surface area contributed by atoms with E-state index in [0.717, 1.165) is 41.9 Å². The molecule has 1 aromatic rings. The number of ether oxygens (including phenoxy) is 1. The molecule has 0 aromatic heterocycles. The maximum absolute atomic E-state index is 10.7. The summed E-state index contributed by atoms with van der Waals surface area (Å²) >= 11 is 3.48. The van der Waals surface area contributed by atoms with Crippen molar-refractivity contribution in [2.45, 2.75) is 12.8 Å². The molecule has 2 rings (SSSR count). The molecular formula is C16H20BrNO3. The van der Waals surface area contributed by atoms with Crippen molar-refractivity contribution in [1.82, 2.24) is 0 Å². The standard InChI is InChI=1S/C16H20BrNO3/c1-18(10-12-3-2-8-21-11-12)15-9-14(17)6-4-13(15)5-7-16(19)20/h4-7,9,12H,2-3,8,10-11H2,1H3,(H,19,20). The summed E-state index contributed by atoms with van der Waals surface area (Å²) in [6.07, 6.45) is 5.10. The van der Waals surface area contributed by atoms with Crippen LogP contribution in [-0.2, 0) is 9.53 Å². The summed E-state index contributed by atoms with van der Waals surface area (Å²) in [4.78, 5) is 12.9. The Labute approximate surface area is 133 Å². The smallest absolute Gasteiger partial charge is 0.328 e. The summed E-state index contributed by atoms with van der Waals surface area (Å²) in [5.74, 6) is -0.411. The monoisotopic (exact) mass is 353 g/mol. The van der Waals surface area contributed by atoms with Crippen LogP contribution in [0.4, 0.5) is 5.69 Å². The summed E-state index contributed by atoms with van der Waals surface area (Å²) in [5.41, 5.74) is 1.92. The first-order valence-electron chi connectivity index (χ1n) is 7.05. The van der Waals surface area contributed by atoms with Crippen LogP contribution < -0.4 is 4.90 Å². The van der Waals surface area contributed by atoms with Gasteiger partial charge in [0.2, 0.25) is 0 Å². The fourth-order valence-corrected chi connectivity index (χ4v) is 2.94. The van der Waals surface area contributed by atoms with Gasteiger partial charge in [-0.1, -0.05) is 22.0 Å². The van der Waals surface area contributed by atoms with Crippen molar-refractivity contribution >= 4 is 33.7 Å². The lowest BCUT2D eigenvalue weighted by molar-refractivity contribution is -0.131. The van der Waals surface area contributed by atoms with Gasteiger partial charge in [0.15, 0.2) is 0 Å². The first-order chi connectivity index (χ1) is 10.1. The van der Waals surface area contributed by atoms with Gasteiger partial charge in [0.05, 0.1) is 6.61 Å². The summed E-state index contributed by atoms with van der Waals surface area (Å²) in [6.45, 7) is 2.58. The van der Waals surface area contributed by atoms with Crippen LogP contribution >= 0.6 is 15.9 Å². The quantitative estimate of drug-likeness (QED) is 0.824. The van der Waals surface area contributed by atoms with E-state index in [4.69, 9.17) is 9.84 Å². The highest BCUT2D eigenvalue weighted by Gasteiger charge is 2.17. The van der Waals surface area contributed by atoms with Gasteiger partial charge in [-0.15, -0.1) is 0 Å². The number of carboxylic acids is 1. The summed E-state index contributed by atoms with van der Waals surface area (Å²) < 4.78 is 6.51. The van der Waals surface area contributed by atoms with Gasteiger partial charge in [-0.25, -0.2) is 4.79 Å². The minimum Gasteiger partial charge on any atom is -0.478 e. The van der Waals surface area contributed by atoms with Crippen LogP contribution in [0.3, 0.4) is 0 Å². The largest absolute Gasteiger partial charge is 0.478 e. The Morgan fingerprint density at radius 1 is 1.57 bits per heavy atom. The van der Waals surface area contributed by atoms with E-state index in [9.17, 15) is 4.79 Å². The molecule has 1 N–H and O–H groups in total. The van der Waals surface area contributed by atoms with Crippen LogP contribution in [0.2, 0.25) is 0 Å². The normalized spacial score (nSPS) is 18.9. The van der Waals surface area contributed by atoms with Gasteiger partial charge in [0.1, 0.15) is 0 Å². The molecule has 1 aliphatic rings. The summed E-state index contributed by atoms with van der Waals surface area (Å²) in [5, 5.41) is 8.79. The predicted octanol–water partition coefficient (Wildman–Crippen LogP) is 3.41. The summed E-state index contributed by atoms with van der Waals surface area (Å²) in [6, 6.07) is 5.86. The number of halogens is 1. The molecule has 114 valence electrons. The van der Waals surface area contributed by atoms with Gasteiger partial charge in [-0.3, -0.25) is 0 Å². The number of carboxylic acid groups (broad SMARTS) is 1. The molecule has 1 unspecified atom stereocenters. The van der Waals surface area contributed by atoms with Crippen molar-refractivity contribution in [3.05, 3.63) is 34.3 Å². The molecule has 1 aliphatic heterocycles. The van der Waals surface area contributed by atoms with Crippen molar-refractivity contribution in [1.29, 1.82) is 0 Å². The van der Waals surface area contributed by atoms with Crippen molar-refractivity contribution in [2.24, 2.45) is 5.92 Å². The Morgan fingerprint density at radius 2 is 2.38 bits per heavy atom. The van der Waals surface area contributed by atoms with Crippen molar-refractivity contribution in [2.75, 3.05) is 31.7 Å². The number of aliphatic carboxylic acids is 1. The molecule has 1 saturated heterocycles. The highest BCUT2D eigenvalue weighted by Crippen LogP contribution is 2.27. The number of rotatable bonds is 5. The van der Waals surface area contributed by atoms with Gasteiger partial charge in [-0.2, -0.15) is 0 Å². The zero-order valence-electron chi connectivity index (χ0n) is 12.1. The number of hydrogen-bond donors (Lipinski definition) is 1. The molecule has 0 amide bonds. The first-order valence-corrected chi connectivity index (χ1v) is 7.85. The zero-order valence-corrected chi connectivity index (χ0v) is 13.7. The van der Waals surface area contributed by atoms with Crippen LogP contribution in [0.25, 0.3) is 6.08 Å². The third-order valence-electron chi connectivity index (χ3n) is 3.60. The van der Waals surface area contributed by atoms with Gasteiger partial charge in [0, 0.05) is 36.4 Å². The lowest BCUT2D eigenvalue weighted by Gasteiger charge is -2.29. The van der Waals surface area contributed by atoms with E-state index in [1.807, 2.05) is 25.2 Å². The van der Waals surface area contributed by atoms with E-state index < -0.39 is 5.97 Å². The zero-order chi connectivity index (χ0) is 15.2. The van der Waals surface area contributed by atoms with Crippen LogP contribution in [0.1, 0.15) is 18.4 Å². The van der Waals surface area contributed by atoms with Gasteiger partial charge >= 0.3 is 5.97 Å². The Bertz CT molecular complexity index is 524. The first kappa shape index (κ1) is 16.0. The minimum atomic E-state index is -0.938. The van der Waals surface area contributed by atoms with Crippen LogP contribution in [0.5, 0.6) is 0 Å². The van der Waals surface area contributed by atoms with Crippen LogP contribution in [0, 0.1) is 5.92 Å². The molecule has 0 spiro atoms. The van der Waals surface area contributed by atoms with Crippen molar-refractivity contribution < 1.29 is 14.6 Å². The molecule has 21 heavy (non-hydrogen) atoms. The molecule has 5 heteroatoms. The van der Waals surface area contributed by atoms with Crippen LogP contribution in [0.15, 0.2) is 28.7 Å². The van der Waals surface area contributed by atoms with E-state index in [1.165, 1.54) is 12.5 Å². The maximum Gasteiger partial charge on any atom is 0.328 e. The second kappa shape index (κ2) is 7.61. The lowest BCUT2D eigenvalue weighted by atomic mass is 10.0. The molecular weight excluding hydrogens is 334 g/mol. The summed E-state index contributed by atoms with van der Waals surface area (Å²) in [7, 11) is 2.04. The molecule has 0 radical (unpaired) electrons. The molecule has 0 saturated carbocycles. The fraction of sp³-hybridized carbons (Fsp3) is 0.438. The Morgan fingerprint density at radius 3 is 3.05 bits per heavy atom. The Kier molecular flexibility index (Phi) is 5.82. The molecule has 0 bridgehead atoms. The number of nitrogens with zero attached hydrogens (tertiary/aromatic N) is 1. The third-order valence-corrected chi connectivity index (χ3v) is 4.09. The number of hydrogen-bond acceptors (Lipinski definition) is 3. The van der Waals surface area contributed by atoms with E-state index in [0.29, 0.717) is 5.92 Å².